The third kappa shape index (κ3) is 3.17. The third-order valence-corrected chi connectivity index (χ3v) is 6.56. The zero-order valence-electron chi connectivity index (χ0n) is 12.6. The van der Waals surface area contributed by atoms with Crippen molar-refractivity contribution < 1.29 is 13.5 Å². The number of sulfonamides is 1. The van der Waals surface area contributed by atoms with Crippen LogP contribution in [0.15, 0.2) is 29.4 Å². The molecule has 0 spiro atoms. The van der Waals surface area contributed by atoms with Crippen LogP contribution < -0.4 is 0 Å². The minimum absolute atomic E-state index is 0.0204. The van der Waals surface area contributed by atoms with E-state index in [0.717, 1.165) is 19.6 Å². The Kier molecular flexibility index (Phi) is 4.77. The normalized spacial score (nSPS) is 27.5. The summed E-state index contributed by atoms with van der Waals surface area (Å²) in [5.74, 6) is 0.224. The minimum atomic E-state index is -3.51. The summed E-state index contributed by atoms with van der Waals surface area (Å²) in [5, 5.41) is 9.61. The van der Waals surface area contributed by atoms with Gasteiger partial charge in [-0.3, -0.25) is 4.98 Å². The van der Waals surface area contributed by atoms with E-state index in [1.807, 2.05) is 0 Å². The largest absolute Gasteiger partial charge is 0.396 e. The van der Waals surface area contributed by atoms with Crippen molar-refractivity contribution in [2.24, 2.45) is 11.8 Å². The first-order valence-electron chi connectivity index (χ1n) is 7.84. The predicted octanol–water partition coefficient (Wildman–Crippen LogP) is 0.406. The van der Waals surface area contributed by atoms with Gasteiger partial charge < -0.3 is 10.0 Å². The second kappa shape index (κ2) is 6.62. The van der Waals surface area contributed by atoms with Gasteiger partial charge in [0.2, 0.25) is 10.0 Å². The molecule has 7 heteroatoms. The summed E-state index contributed by atoms with van der Waals surface area (Å²) in [4.78, 5) is 6.51. The Hall–Kier alpha value is -1.02. The van der Waals surface area contributed by atoms with Gasteiger partial charge in [0.05, 0.1) is 0 Å². The van der Waals surface area contributed by atoms with E-state index in [1.54, 1.807) is 18.3 Å². The quantitative estimate of drug-likeness (QED) is 0.849. The van der Waals surface area contributed by atoms with Crippen molar-refractivity contribution in [3.8, 4) is 0 Å². The maximum Gasteiger partial charge on any atom is 0.244 e. The fraction of sp³-hybridized carbons (Fsp3) is 0.667. The standard InChI is InChI=1S/C15H23N3O3S/c19-12-14-11-18(10-13(14)9-17-6-1-2-7-17)22(20,21)15-4-3-5-16-8-15/h3-5,8,13-14,19H,1-2,6-7,9-12H2/t13-,14-/m0/s1. The highest BCUT2D eigenvalue weighted by molar-refractivity contribution is 7.89. The lowest BCUT2D eigenvalue weighted by Crippen LogP contribution is -2.32. The van der Waals surface area contributed by atoms with Gasteiger partial charge in [-0.05, 0) is 44.0 Å². The zero-order valence-corrected chi connectivity index (χ0v) is 13.5. The molecule has 0 aliphatic carbocycles. The molecule has 2 saturated heterocycles. The van der Waals surface area contributed by atoms with E-state index in [9.17, 15) is 13.5 Å². The van der Waals surface area contributed by atoms with Gasteiger partial charge in [-0.1, -0.05) is 0 Å². The molecule has 0 saturated carbocycles. The molecule has 22 heavy (non-hydrogen) atoms. The molecule has 0 radical (unpaired) electrons. The van der Waals surface area contributed by atoms with Crippen molar-refractivity contribution in [1.29, 1.82) is 0 Å². The molecule has 122 valence electrons. The van der Waals surface area contributed by atoms with Crippen LogP contribution in [0, 0.1) is 11.8 Å². The first kappa shape index (κ1) is 15.9. The Labute approximate surface area is 131 Å². The molecule has 3 rings (SSSR count). The van der Waals surface area contributed by atoms with Crippen molar-refractivity contribution in [3.63, 3.8) is 0 Å². The van der Waals surface area contributed by atoms with Crippen LogP contribution in [0.5, 0.6) is 0 Å². The molecule has 1 N–H and O–H groups in total. The molecule has 1 aromatic heterocycles. The molecule has 2 aliphatic heterocycles. The number of aromatic nitrogens is 1. The summed E-state index contributed by atoms with van der Waals surface area (Å²) in [6.45, 7) is 3.97. The Morgan fingerprint density at radius 1 is 1.23 bits per heavy atom. The van der Waals surface area contributed by atoms with Crippen molar-refractivity contribution in [2.75, 3.05) is 39.3 Å². The van der Waals surface area contributed by atoms with Gasteiger partial charge in [0, 0.05) is 44.6 Å². The van der Waals surface area contributed by atoms with Gasteiger partial charge in [-0.2, -0.15) is 4.31 Å². The van der Waals surface area contributed by atoms with Crippen LogP contribution >= 0.6 is 0 Å². The Balaban J connectivity index is 1.73. The second-order valence-corrected chi connectivity index (χ2v) is 8.16. The van der Waals surface area contributed by atoms with Crippen LogP contribution in [0.1, 0.15) is 12.8 Å². The van der Waals surface area contributed by atoms with Crippen LogP contribution in [-0.2, 0) is 10.0 Å². The topological polar surface area (TPSA) is 73.7 Å². The molecule has 2 atom stereocenters. The molecule has 0 unspecified atom stereocenters. The molecule has 6 nitrogen and oxygen atoms in total. The maximum absolute atomic E-state index is 12.7. The third-order valence-electron chi connectivity index (χ3n) is 4.74. The second-order valence-electron chi connectivity index (χ2n) is 6.22. The molecular formula is C15H23N3O3S. The van der Waals surface area contributed by atoms with Gasteiger partial charge in [0.25, 0.3) is 0 Å². The number of rotatable bonds is 5. The first-order valence-corrected chi connectivity index (χ1v) is 9.28. The molecule has 0 amide bonds. The SMILES string of the molecule is O=S(=O)(c1cccnc1)N1C[C@@H](CO)[C@@H](CN2CCCC2)C1. The van der Waals surface area contributed by atoms with Crippen LogP contribution in [0.2, 0.25) is 0 Å². The van der Waals surface area contributed by atoms with E-state index in [0.29, 0.717) is 13.1 Å². The van der Waals surface area contributed by atoms with E-state index in [4.69, 9.17) is 0 Å². The fourth-order valence-electron chi connectivity index (χ4n) is 3.45. The van der Waals surface area contributed by atoms with Crippen LogP contribution in [0.3, 0.4) is 0 Å². The Bertz CT molecular complexity index is 587. The maximum atomic E-state index is 12.7. The number of aliphatic hydroxyl groups is 1. The van der Waals surface area contributed by atoms with Gasteiger partial charge >= 0.3 is 0 Å². The van der Waals surface area contributed by atoms with Crippen molar-refractivity contribution in [2.45, 2.75) is 17.7 Å². The lowest BCUT2D eigenvalue weighted by Gasteiger charge is -2.23. The van der Waals surface area contributed by atoms with Gasteiger partial charge in [0.1, 0.15) is 4.90 Å². The summed E-state index contributed by atoms with van der Waals surface area (Å²) < 4.78 is 26.8. The summed E-state index contributed by atoms with van der Waals surface area (Å²) in [7, 11) is -3.51. The summed E-state index contributed by atoms with van der Waals surface area (Å²) >= 11 is 0. The first-order chi connectivity index (χ1) is 10.6. The smallest absolute Gasteiger partial charge is 0.244 e. The fourth-order valence-corrected chi connectivity index (χ4v) is 4.97. The van der Waals surface area contributed by atoms with E-state index in [1.165, 1.54) is 23.3 Å². The number of hydrogen-bond acceptors (Lipinski definition) is 5. The van der Waals surface area contributed by atoms with Crippen molar-refractivity contribution >= 4 is 10.0 Å². The van der Waals surface area contributed by atoms with Gasteiger partial charge in [0.15, 0.2) is 0 Å². The van der Waals surface area contributed by atoms with Crippen LogP contribution in [-0.4, -0.2) is 67.0 Å². The van der Waals surface area contributed by atoms with E-state index >= 15 is 0 Å². The average molecular weight is 325 g/mol. The number of aliphatic hydroxyl groups excluding tert-OH is 1. The van der Waals surface area contributed by atoms with Crippen molar-refractivity contribution in [1.82, 2.24) is 14.2 Å². The highest BCUT2D eigenvalue weighted by Crippen LogP contribution is 2.29. The number of hydrogen-bond donors (Lipinski definition) is 1. The summed E-state index contributed by atoms with van der Waals surface area (Å²) in [6, 6.07) is 3.21. The average Bonchev–Trinajstić information content (AvgIpc) is 3.18. The predicted molar refractivity (Wildman–Crippen MR) is 82.7 cm³/mol. The summed E-state index contributed by atoms with van der Waals surface area (Å²) in [6.07, 6.45) is 5.38. The van der Waals surface area contributed by atoms with Gasteiger partial charge in [-0.25, -0.2) is 8.42 Å². The molecular weight excluding hydrogens is 302 g/mol. The number of nitrogens with zero attached hydrogens (tertiary/aromatic N) is 3. The van der Waals surface area contributed by atoms with Gasteiger partial charge in [-0.15, -0.1) is 0 Å². The molecule has 2 fully saturated rings. The monoisotopic (exact) mass is 325 g/mol. The Morgan fingerprint density at radius 2 is 1.95 bits per heavy atom. The molecule has 0 bridgehead atoms. The molecule has 3 heterocycles. The van der Waals surface area contributed by atoms with Crippen LogP contribution in [0.4, 0.5) is 0 Å². The van der Waals surface area contributed by atoms with Crippen molar-refractivity contribution in [3.05, 3.63) is 24.5 Å². The molecule has 1 aromatic rings. The van der Waals surface area contributed by atoms with Crippen LogP contribution in [0.25, 0.3) is 0 Å². The lowest BCUT2D eigenvalue weighted by molar-refractivity contribution is 0.176. The zero-order chi connectivity index (χ0) is 15.6. The van der Waals surface area contributed by atoms with E-state index in [2.05, 4.69) is 9.88 Å². The van der Waals surface area contributed by atoms with E-state index < -0.39 is 10.0 Å². The number of likely N-dealkylation sites (tertiary alicyclic amines) is 1. The molecule has 0 aromatic carbocycles. The summed E-state index contributed by atoms with van der Waals surface area (Å²) in [5.41, 5.74) is 0. The number of pyridine rings is 1. The highest BCUT2D eigenvalue weighted by atomic mass is 32.2. The highest BCUT2D eigenvalue weighted by Gasteiger charge is 2.39. The lowest BCUT2D eigenvalue weighted by atomic mass is 9.96. The van der Waals surface area contributed by atoms with E-state index in [-0.39, 0.29) is 23.3 Å². The Morgan fingerprint density at radius 3 is 2.59 bits per heavy atom. The minimum Gasteiger partial charge on any atom is -0.396 e. The molecule has 2 aliphatic rings.